The third kappa shape index (κ3) is 2.19. The number of nitrogens with one attached hydrogen (secondary N) is 1. The molecule has 6 heteroatoms. The zero-order chi connectivity index (χ0) is 16.1. The van der Waals surface area contributed by atoms with E-state index in [0.29, 0.717) is 18.0 Å². The molecule has 2 aliphatic carbocycles. The Labute approximate surface area is 142 Å². The first-order valence-corrected chi connectivity index (χ1v) is 9.33. The molecule has 1 aromatic heterocycles. The number of aromatic nitrogens is 2. The molecule has 128 valence electrons. The summed E-state index contributed by atoms with van der Waals surface area (Å²) in [6, 6.07) is 0. The summed E-state index contributed by atoms with van der Waals surface area (Å²) in [7, 11) is 0. The van der Waals surface area contributed by atoms with E-state index in [-0.39, 0.29) is 0 Å². The fraction of sp³-hybridized carbons (Fsp3) is 0.667. The summed E-state index contributed by atoms with van der Waals surface area (Å²) < 4.78 is 6.31. The Morgan fingerprint density at radius 1 is 1.08 bits per heavy atom. The van der Waals surface area contributed by atoms with Gasteiger partial charge >= 0.3 is 0 Å². The fourth-order valence-corrected chi connectivity index (χ4v) is 4.84. The third-order valence-electron chi connectivity index (χ3n) is 5.94. The van der Waals surface area contributed by atoms with Crippen LogP contribution in [0.3, 0.4) is 0 Å². The van der Waals surface area contributed by atoms with Crippen LogP contribution < -0.4 is 16.0 Å². The third-order valence-corrected chi connectivity index (χ3v) is 5.94. The molecule has 5 rings (SSSR count). The van der Waals surface area contributed by atoms with Gasteiger partial charge in [0, 0.05) is 49.7 Å². The predicted octanol–water partition coefficient (Wildman–Crippen LogP) is 1.71. The number of nitrogen functional groups attached to an aromatic ring is 1. The molecule has 2 atom stereocenters. The van der Waals surface area contributed by atoms with Crippen LogP contribution in [0, 0.1) is 5.92 Å². The van der Waals surface area contributed by atoms with Gasteiger partial charge in [0.2, 0.25) is 5.95 Å². The van der Waals surface area contributed by atoms with Gasteiger partial charge in [-0.25, -0.2) is 4.98 Å². The van der Waals surface area contributed by atoms with E-state index in [4.69, 9.17) is 10.5 Å². The van der Waals surface area contributed by atoms with Crippen molar-refractivity contribution in [2.75, 3.05) is 36.8 Å². The zero-order valence-electron chi connectivity index (χ0n) is 14.1. The molecular weight excluding hydrogens is 302 g/mol. The van der Waals surface area contributed by atoms with Crippen molar-refractivity contribution in [2.24, 2.45) is 5.92 Å². The van der Waals surface area contributed by atoms with Crippen LogP contribution in [-0.2, 0) is 11.2 Å². The molecule has 0 radical (unpaired) electrons. The highest BCUT2D eigenvalue weighted by atomic mass is 16.5. The van der Waals surface area contributed by atoms with Crippen LogP contribution in [0.2, 0.25) is 0 Å². The van der Waals surface area contributed by atoms with Gasteiger partial charge in [-0.3, -0.25) is 0 Å². The van der Waals surface area contributed by atoms with Gasteiger partial charge in [0.15, 0.2) is 0 Å². The van der Waals surface area contributed by atoms with Crippen molar-refractivity contribution in [3.63, 3.8) is 0 Å². The highest BCUT2D eigenvalue weighted by molar-refractivity contribution is 5.77. The summed E-state index contributed by atoms with van der Waals surface area (Å²) in [5.41, 5.74) is 9.85. The summed E-state index contributed by atoms with van der Waals surface area (Å²) >= 11 is 0. The minimum absolute atomic E-state index is 0.369. The molecule has 0 spiro atoms. The molecule has 6 nitrogen and oxygen atoms in total. The topological polar surface area (TPSA) is 76.3 Å². The number of hydrogen-bond donors (Lipinski definition) is 2. The highest BCUT2D eigenvalue weighted by Gasteiger charge is 2.42. The Hall–Kier alpha value is -1.82. The van der Waals surface area contributed by atoms with Crippen LogP contribution >= 0.6 is 0 Å². The van der Waals surface area contributed by atoms with Gasteiger partial charge in [0.25, 0.3) is 0 Å². The Bertz CT molecular complexity index is 695. The molecule has 0 bridgehead atoms. The average Bonchev–Trinajstić information content (AvgIpc) is 3.01. The number of fused-ring (bicyclic) bond motifs is 4. The van der Waals surface area contributed by atoms with E-state index in [1.807, 2.05) is 0 Å². The van der Waals surface area contributed by atoms with Gasteiger partial charge < -0.3 is 20.7 Å². The maximum atomic E-state index is 6.31. The van der Waals surface area contributed by atoms with Crippen molar-refractivity contribution in [1.82, 2.24) is 15.3 Å². The van der Waals surface area contributed by atoms with E-state index in [1.54, 1.807) is 0 Å². The number of allylic oxidation sites excluding steroid dienone is 1. The van der Waals surface area contributed by atoms with Crippen molar-refractivity contribution in [3.8, 4) is 0 Å². The molecule has 3 N–H and O–H groups in total. The van der Waals surface area contributed by atoms with Gasteiger partial charge in [-0.15, -0.1) is 0 Å². The first-order chi connectivity index (χ1) is 11.8. The number of hydrogen-bond acceptors (Lipinski definition) is 6. The summed E-state index contributed by atoms with van der Waals surface area (Å²) in [6.07, 6.45) is 7.30. The van der Waals surface area contributed by atoms with E-state index >= 15 is 0 Å². The Morgan fingerprint density at radius 2 is 1.92 bits per heavy atom. The number of nitrogens with two attached hydrogens (primary N) is 1. The molecule has 1 unspecified atom stereocenters. The lowest BCUT2D eigenvalue weighted by molar-refractivity contribution is 0.0793. The van der Waals surface area contributed by atoms with E-state index in [2.05, 4.69) is 20.2 Å². The monoisotopic (exact) mass is 327 g/mol. The lowest BCUT2D eigenvalue weighted by Crippen LogP contribution is -2.44. The van der Waals surface area contributed by atoms with Crippen molar-refractivity contribution in [3.05, 3.63) is 17.0 Å². The summed E-state index contributed by atoms with van der Waals surface area (Å²) in [6.45, 7) is 3.97. The van der Waals surface area contributed by atoms with Gasteiger partial charge in [0.05, 0.1) is 5.69 Å². The van der Waals surface area contributed by atoms with Gasteiger partial charge in [-0.2, -0.15) is 4.98 Å². The lowest BCUT2D eigenvalue weighted by atomic mass is 9.78. The molecular formula is C18H25N5O. The smallest absolute Gasteiger partial charge is 0.222 e. The van der Waals surface area contributed by atoms with Crippen LogP contribution in [0.5, 0.6) is 0 Å². The molecule has 1 saturated carbocycles. The Kier molecular flexibility index (Phi) is 3.40. The first-order valence-electron chi connectivity index (χ1n) is 9.33. The van der Waals surface area contributed by atoms with E-state index in [1.165, 1.54) is 42.6 Å². The standard InChI is InChI=1S/C18H25N5O/c19-18-21-16-12(17(22-18)23-9-7-20-8-10-23)5-6-14-15(16)11-3-1-2-4-13(11)24-14/h11,13,20H,1-10H2,(H2,19,21,22)/t11?,13-/m1/s1. The second-order valence-corrected chi connectivity index (χ2v) is 7.35. The second-order valence-electron chi connectivity index (χ2n) is 7.35. The minimum atomic E-state index is 0.369. The van der Waals surface area contributed by atoms with Crippen LogP contribution in [-0.4, -0.2) is 42.3 Å². The predicted molar refractivity (Wildman–Crippen MR) is 93.6 cm³/mol. The average molecular weight is 327 g/mol. The van der Waals surface area contributed by atoms with E-state index in [9.17, 15) is 0 Å². The fourth-order valence-electron chi connectivity index (χ4n) is 4.84. The van der Waals surface area contributed by atoms with Crippen molar-refractivity contribution in [2.45, 2.75) is 44.6 Å². The molecule has 0 amide bonds. The number of ether oxygens (including phenoxy) is 1. The quantitative estimate of drug-likeness (QED) is 0.818. The van der Waals surface area contributed by atoms with Gasteiger partial charge in [-0.05, 0) is 25.7 Å². The van der Waals surface area contributed by atoms with Crippen LogP contribution in [0.1, 0.15) is 43.4 Å². The molecule has 4 aliphatic rings. The Balaban J connectivity index is 1.59. The van der Waals surface area contributed by atoms with Crippen molar-refractivity contribution in [1.29, 1.82) is 0 Å². The van der Waals surface area contributed by atoms with E-state index < -0.39 is 0 Å². The van der Waals surface area contributed by atoms with E-state index in [0.717, 1.165) is 50.5 Å². The summed E-state index contributed by atoms with van der Waals surface area (Å²) in [4.78, 5) is 11.7. The zero-order valence-corrected chi connectivity index (χ0v) is 14.1. The Morgan fingerprint density at radius 3 is 2.79 bits per heavy atom. The highest BCUT2D eigenvalue weighted by Crippen LogP contribution is 2.50. The number of nitrogens with zero attached hydrogens (tertiary/aromatic N) is 3. The van der Waals surface area contributed by atoms with Crippen LogP contribution in [0.4, 0.5) is 11.8 Å². The number of rotatable bonds is 1. The number of anilines is 2. The molecule has 1 aromatic rings. The van der Waals surface area contributed by atoms with Crippen molar-refractivity contribution >= 4 is 17.3 Å². The van der Waals surface area contributed by atoms with Crippen LogP contribution in [0.15, 0.2) is 5.76 Å². The largest absolute Gasteiger partial charge is 0.494 e. The maximum Gasteiger partial charge on any atom is 0.222 e. The molecule has 1 saturated heterocycles. The molecule has 3 heterocycles. The lowest BCUT2D eigenvalue weighted by Gasteiger charge is -2.32. The minimum Gasteiger partial charge on any atom is -0.494 e. The molecule has 2 fully saturated rings. The summed E-state index contributed by atoms with van der Waals surface area (Å²) in [5, 5.41) is 3.41. The normalized spacial score (nSPS) is 28.9. The summed E-state index contributed by atoms with van der Waals surface area (Å²) in [5.74, 6) is 3.15. The maximum absolute atomic E-state index is 6.31. The molecule has 0 aromatic carbocycles. The van der Waals surface area contributed by atoms with Crippen molar-refractivity contribution < 1.29 is 4.74 Å². The second kappa shape index (κ2) is 5.62. The number of piperazine rings is 1. The molecule has 2 aliphatic heterocycles. The van der Waals surface area contributed by atoms with Crippen LogP contribution in [0.25, 0.3) is 5.57 Å². The van der Waals surface area contributed by atoms with Gasteiger partial charge in [0.1, 0.15) is 17.7 Å². The first kappa shape index (κ1) is 14.5. The van der Waals surface area contributed by atoms with Gasteiger partial charge in [-0.1, -0.05) is 6.42 Å². The SMILES string of the molecule is Nc1nc2c(c(N3CCNCC3)n1)CCC1=C2C2CCCC[C@H]2O1. The molecule has 24 heavy (non-hydrogen) atoms.